The van der Waals surface area contributed by atoms with Crippen LogP contribution in [0.3, 0.4) is 0 Å². The summed E-state index contributed by atoms with van der Waals surface area (Å²) in [5, 5.41) is 0. The molecular formula is C25H34FN. The largest absolute Gasteiger partial charge is 0.256 e. The second kappa shape index (κ2) is 10.0. The Labute approximate surface area is 164 Å². The molecule has 0 amide bonds. The molecule has 1 aliphatic rings. The van der Waals surface area contributed by atoms with E-state index in [2.05, 4.69) is 18.0 Å². The zero-order valence-corrected chi connectivity index (χ0v) is 17.0. The van der Waals surface area contributed by atoms with Crippen LogP contribution in [0.25, 0.3) is 11.3 Å². The third kappa shape index (κ3) is 5.40. The Kier molecular flexibility index (Phi) is 7.43. The minimum absolute atomic E-state index is 0.168. The van der Waals surface area contributed by atoms with Crippen LogP contribution in [-0.4, -0.2) is 4.98 Å². The van der Waals surface area contributed by atoms with Gasteiger partial charge in [0.05, 0.1) is 5.69 Å². The maximum atomic E-state index is 14.3. The van der Waals surface area contributed by atoms with E-state index in [1.165, 1.54) is 63.4 Å². The standard InChI is InChI=1S/C25H34FN/c1-3-5-6-7-8-20-9-12-21(13-10-20)22-14-16-25(27-18-22)23-15-11-19(4-2)17-24(23)26/h11,14-18,20-21H,3-10,12-13H2,1-2H3. The van der Waals surface area contributed by atoms with Gasteiger partial charge in [-0.1, -0.05) is 58.1 Å². The topological polar surface area (TPSA) is 12.9 Å². The number of hydrogen-bond donors (Lipinski definition) is 0. The number of pyridine rings is 1. The summed E-state index contributed by atoms with van der Waals surface area (Å²) < 4.78 is 14.3. The summed E-state index contributed by atoms with van der Waals surface area (Å²) >= 11 is 0. The first kappa shape index (κ1) is 20.0. The fraction of sp³-hybridized carbons (Fsp3) is 0.560. The Morgan fingerprint density at radius 3 is 2.41 bits per heavy atom. The molecule has 0 atom stereocenters. The van der Waals surface area contributed by atoms with E-state index in [9.17, 15) is 4.39 Å². The van der Waals surface area contributed by atoms with Gasteiger partial charge in [0.15, 0.2) is 0 Å². The van der Waals surface area contributed by atoms with Gasteiger partial charge in [-0.25, -0.2) is 4.39 Å². The van der Waals surface area contributed by atoms with Gasteiger partial charge in [0, 0.05) is 11.8 Å². The van der Waals surface area contributed by atoms with Gasteiger partial charge in [-0.05, 0) is 73.3 Å². The molecule has 0 aliphatic heterocycles. The normalized spacial score (nSPS) is 20.0. The monoisotopic (exact) mass is 367 g/mol. The van der Waals surface area contributed by atoms with E-state index in [0.717, 1.165) is 23.6 Å². The van der Waals surface area contributed by atoms with Gasteiger partial charge in [0.1, 0.15) is 5.82 Å². The average molecular weight is 368 g/mol. The van der Waals surface area contributed by atoms with Gasteiger partial charge in [-0.2, -0.15) is 0 Å². The zero-order chi connectivity index (χ0) is 19.1. The molecule has 1 aromatic carbocycles. The van der Waals surface area contributed by atoms with Crippen molar-refractivity contribution in [2.45, 2.75) is 84.0 Å². The average Bonchev–Trinajstić information content (AvgIpc) is 2.72. The lowest BCUT2D eigenvalue weighted by molar-refractivity contribution is 0.302. The highest BCUT2D eigenvalue weighted by atomic mass is 19.1. The smallest absolute Gasteiger partial charge is 0.132 e. The summed E-state index contributed by atoms with van der Waals surface area (Å²) in [6.07, 6.45) is 15.0. The molecule has 27 heavy (non-hydrogen) atoms. The lowest BCUT2D eigenvalue weighted by Crippen LogP contribution is -2.13. The summed E-state index contributed by atoms with van der Waals surface area (Å²) in [6, 6.07) is 9.65. The molecule has 1 nitrogen and oxygen atoms in total. The van der Waals surface area contributed by atoms with Crippen LogP contribution in [0.5, 0.6) is 0 Å². The van der Waals surface area contributed by atoms with E-state index in [1.54, 1.807) is 6.07 Å². The van der Waals surface area contributed by atoms with Crippen LogP contribution in [0, 0.1) is 11.7 Å². The molecule has 1 heterocycles. The first-order valence-electron chi connectivity index (χ1n) is 11.0. The molecule has 0 spiro atoms. The molecule has 1 aliphatic carbocycles. The van der Waals surface area contributed by atoms with Crippen molar-refractivity contribution in [3.05, 3.63) is 53.5 Å². The van der Waals surface area contributed by atoms with Gasteiger partial charge >= 0.3 is 0 Å². The Balaban J connectivity index is 1.55. The molecule has 0 saturated heterocycles. The number of hydrogen-bond acceptors (Lipinski definition) is 1. The molecule has 1 aromatic heterocycles. The molecule has 2 aromatic rings. The first-order valence-corrected chi connectivity index (χ1v) is 11.0. The second-order valence-corrected chi connectivity index (χ2v) is 8.21. The zero-order valence-electron chi connectivity index (χ0n) is 17.0. The number of aromatic nitrogens is 1. The van der Waals surface area contributed by atoms with Crippen LogP contribution in [0.1, 0.15) is 88.7 Å². The maximum absolute atomic E-state index is 14.3. The number of nitrogens with zero attached hydrogens (tertiary/aromatic N) is 1. The number of aryl methyl sites for hydroxylation is 1. The van der Waals surface area contributed by atoms with Gasteiger partial charge in [0.25, 0.3) is 0 Å². The third-order valence-electron chi connectivity index (χ3n) is 6.29. The van der Waals surface area contributed by atoms with Crippen molar-refractivity contribution in [2.75, 3.05) is 0 Å². The van der Waals surface area contributed by atoms with Crippen molar-refractivity contribution >= 4 is 0 Å². The second-order valence-electron chi connectivity index (χ2n) is 8.21. The Hall–Kier alpha value is -1.70. The molecule has 1 fully saturated rings. The molecular weight excluding hydrogens is 333 g/mol. The predicted molar refractivity (Wildman–Crippen MR) is 112 cm³/mol. The summed E-state index contributed by atoms with van der Waals surface area (Å²) in [7, 11) is 0. The number of halogens is 1. The Morgan fingerprint density at radius 1 is 0.963 bits per heavy atom. The number of unbranched alkanes of at least 4 members (excludes halogenated alkanes) is 3. The van der Waals surface area contributed by atoms with E-state index in [1.807, 2.05) is 31.3 Å². The van der Waals surface area contributed by atoms with Crippen LogP contribution in [-0.2, 0) is 6.42 Å². The van der Waals surface area contributed by atoms with Crippen LogP contribution < -0.4 is 0 Å². The van der Waals surface area contributed by atoms with E-state index in [0.29, 0.717) is 11.5 Å². The lowest BCUT2D eigenvalue weighted by Gasteiger charge is -2.28. The fourth-order valence-electron chi connectivity index (χ4n) is 4.44. The minimum atomic E-state index is -0.168. The number of rotatable bonds is 8. The molecule has 3 rings (SSSR count). The number of benzene rings is 1. The third-order valence-corrected chi connectivity index (χ3v) is 6.29. The molecule has 0 radical (unpaired) electrons. The summed E-state index contributed by atoms with van der Waals surface area (Å²) in [5.74, 6) is 1.39. The molecule has 0 N–H and O–H groups in total. The van der Waals surface area contributed by atoms with Crippen molar-refractivity contribution < 1.29 is 4.39 Å². The highest BCUT2D eigenvalue weighted by Gasteiger charge is 2.22. The van der Waals surface area contributed by atoms with Crippen LogP contribution in [0.15, 0.2) is 36.5 Å². The summed E-state index contributed by atoms with van der Waals surface area (Å²) in [5.41, 5.74) is 3.70. The SMILES string of the molecule is CCCCCCC1CCC(c2ccc(-c3ccc(CC)cc3F)nc2)CC1. The van der Waals surface area contributed by atoms with Gasteiger partial charge in [-0.3, -0.25) is 4.98 Å². The quantitative estimate of drug-likeness (QED) is 0.436. The fourth-order valence-corrected chi connectivity index (χ4v) is 4.44. The summed E-state index contributed by atoms with van der Waals surface area (Å²) in [4.78, 5) is 4.59. The van der Waals surface area contributed by atoms with E-state index >= 15 is 0 Å². The van der Waals surface area contributed by atoms with E-state index < -0.39 is 0 Å². The maximum Gasteiger partial charge on any atom is 0.132 e. The van der Waals surface area contributed by atoms with E-state index in [4.69, 9.17) is 0 Å². The van der Waals surface area contributed by atoms with Crippen LogP contribution >= 0.6 is 0 Å². The van der Waals surface area contributed by atoms with Gasteiger partial charge < -0.3 is 0 Å². The molecule has 1 saturated carbocycles. The van der Waals surface area contributed by atoms with Crippen molar-refractivity contribution in [2.24, 2.45) is 5.92 Å². The van der Waals surface area contributed by atoms with Gasteiger partial charge in [0.2, 0.25) is 0 Å². The van der Waals surface area contributed by atoms with E-state index in [-0.39, 0.29) is 5.82 Å². The molecule has 2 heteroatoms. The highest BCUT2D eigenvalue weighted by molar-refractivity contribution is 5.60. The van der Waals surface area contributed by atoms with Crippen molar-refractivity contribution in [3.63, 3.8) is 0 Å². The molecule has 0 unspecified atom stereocenters. The first-order chi connectivity index (χ1) is 13.2. The predicted octanol–water partition coefficient (Wildman–Crippen LogP) is 7.69. The molecule has 146 valence electrons. The Morgan fingerprint density at radius 2 is 1.78 bits per heavy atom. The van der Waals surface area contributed by atoms with Crippen LogP contribution in [0.4, 0.5) is 4.39 Å². The molecule has 0 bridgehead atoms. The van der Waals surface area contributed by atoms with Crippen LogP contribution in [0.2, 0.25) is 0 Å². The highest BCUT2D eigenvalue weighted by Crippen LogP contribution is 2.38. The van der Waals surface area contributed by atoms with Crippen molar-refractivity contribution in [3.8, 4) is 11.3 Å². The van der Waals surface area contributed by atoms with Gasteiger partial charge in [-0.15, -0.1) is 0 Å². The van der Waals surface area contributed by atoms with Crippen molar-refractivity contribution in [1.82, 2.24) is 4.98 Å². The summed E-state index contributed by atoms with van der Waals surface area (Å²) in [6.45, 7) is 4.32. The Bertz CT molecular complexity index is 699. The van der Waals surface area contributed by atoms with Crippen molar-refractivity contribution in [1.29, 1.82) is 0 Å². The lowest BCUT2D eigenvalue weighted by atomic mass is 9.77. The minimum Gasteiger partial charge on any atom is -0.256 e.